The molecule has 10 heteroatoms. The Balaban J connectivity index is 1.60. The van der Waals surface area contributed by atoms with E-state index in [9.17, 15) is 4.21 Å². The number of halogens is 1. The molecule has 158 valence electrons. The number of hydrogen-bond acceptors (Lipinski definition) is 6. The van der Waals surface area contributed by atoms with Gasteiger partial charge in [0.2, 0.25) is 5.95 Å². The summed E-state index contributed by atoms with van der Waals surface area (Å²) in [5.74, 6) is 1.66. The SMILES string of the molecule is COC(c1ncc(Cl)cn1)[C@H](C)S(=O)Nc1nnc(-c2ccccc2)n1C1(C)CC1. The highest BCUT2D eigenvalue weighted by atomic mass is 35.5. The zero-order valence-electron chi connectivity index (χ0n) is 16.9. The number of methoxy groups -OCH3 is 1. The molecule has 2 unspecified atom stereocenters. The Labute approximate surface area is 182 Å². The molecule has 3 aromatic rings. The second kappa shape index (κ2) is 8.41. The summed E-state index contributed by atoms with van der Waals surface area (Å²) in [6.45, 7) is 3.97. The lowest BCUT2D eigenvalue weighted by atomic mass is 10.2. The number of ether oxygens (including phenoxy) is 1. The number of hydrogen-bond donors (Lipinski definition) is 1. The Bertz CT molecular complexity index is 1040. The number of benzene rings is 1. The van der Waals surface area contributed by atoms with E-state index < -0.39 is 22.3 Å². The minimum absolute atomic E-state index is 0.0929. The Morgan fingerprint density at radius 1 is 1.20 bits per heavy atom. The number of anilines is 1. The summed E-state index contributed by atoms with van der Waals surface area (Å²) >= 11 is 5.87. The van der Waals surface area contributed by atoms with Crippen LogP contribution in [0.1, 0.15) is 38.6 Å². The highest BCUT2D eigenvalue weighted by molar-refractivity contribution is 7.87. The topological polar surface area (TPSA) is 94.8 Å². The molecule has 8 nitrogen and oxygen atoms in total. The first-order chi connectivity index (χ1) is 14.4. The predicted octanol–water partition coefficient (Wildman–Crippen LogP) is 3.75. The Hall–Kier alpha value is -2.36. The van der Waals surface area contributed by atoms with Gasteiger partial charge in [-0.1, -0.05) is 41.9 Å². The summed E-state index contributed by atoms with van der Waals surface area (Å²) in [5.41, 5.74) is 0.874. The van der Waals surface area contributed by atoms with Gasteiger partial charge in [0, 0.05) is 30.6 Å². The van der Waals surface area contributed by atoms with Crippen LogP contribution in [0.2, 0.25) is 5.02 Å². The smallest absolute Gasteiger partial charge is 0.237 e. The maximum absolute atomic E-state index is 13.2. The molecule has 4 rings (SSSR count). The molecule has 1 aliphatic rings. The summed E-state index contributed by atoms with van der Waals surface area (Å²) in [6, 6.07) is 9.88. The average Bonchev–Trinajstić information content (AvgIpc) is 3.35. The number of aromatic nitrogens is 5. The highest BCUT2D eigenvalue weighted by Gasteiger charge is 2.43. The van der Waals surface area contributed by atoms with Crippen molar-refractivity contribution in [1.29, 1.82) is 0 Å². The Morgan fingerprint density at radius 3 is 2.47 bits per heavy atom. The first-order valence-electron chi connectivity index (χ1n) is 9.62. The van der Waals surface area contributed by atoms with Crippen LogP contribution in [0.15, 0.2) is 42.7 Å². The largest absolute Gasteiger partial charge is 0.372 e. The fourth-order valence-corrected chi connectivity index (χ4v) is 4.36. The van der Waals surface area contributed by atoms with Crippen LogP contribution >= 0.6 is 11.6 Å². The van der Waals surface area contributed by atoms with Crippen molar-refractivity contribution in [2.75, 3.05) is 11.8 Å². The van der Waals surface area contributed by atoms with Crippen LogP contribution in [0.3, 0.4) is 0 Å². The van der Waals surface area contributed by atoms with Crippen LogP contribution in [0.5, 0.6) is 0 Å². The minimum Gasteiger partial charge on any atom is -0.372 e. The van der Waals surface area contributed by atoms with Gasteiger partial charge in [-0.3, -0.25) is 9.29 Å². The van der Waals surface area contributed by atoms with Crippen LogP contribution in [0, 0.1) is 0 Å². The van der Waals surface area contributed by atoms with Gasteiger partial charge in [-0.25, -0.2) is 14.2 Å². The second-order valence-electron chi connectivity index (χ2n) is 7.57. The van der Waals surface area contributed by atoms with E-state index >= 15 is 0 Å². The van der Waals surface area contributed by atoms with Crippen LogP contribution in [0.4, 0.5) is 5.95 Å². The van der Waals surface area contributed by atoms with E-state index in [1.54, 1.807) is 0 Å². The lowest BCUT2D eigenvalue weighted by molar-refractivity contribution is 0.0961. The normalized spacial score (nSPS) is 17.9. The van der Waals surface area contributed by atoms with E-state index in [-0.39, 0.29) is 5.54 Å². The highest BCUT2D eigenvalue weighted by Crippen LogP contribution is 2.47. The molecule has 0 bridgehead atoms. The van der Waals surface area contributed by atoms with Crippen molar-refractivity contribution in [2.45, 2.75) is 43.6 Å². The molecular formula is C20H23ClN6O2S. The van der Waals surface area contributed by atoms with E-state index in [2.05, 4.69) is 31.8 Å². The molecule has 30 heavy (non-hydrogen) atoms. The summed E-state index contributed by atoms with van der Waals surface area (Å²) in [7, 11) is 0.0160. The van der Waals surface area contributed by atoms with Crippen LogP contribution in [0.25, 0.3) is 11.4 Å². The summed E-state index contributed by atoms with van der Waals surface area (Å²) in [5, 5.41) is 8.67. The molecule has 2 heterocycles. The molecule has 0 spiro atoms. The molecule has 0 radical (unpaired) electrons. The van der Waals surface area contributed by atoms with Crippen molar-refractivity contribution in [1.82, 2.24) is 24.7 Å². The zero-order valence-corrected chi connectivity index (χ0v) is 18.5. The van der Waals surface area contributed by atoms with E-state index in [1.807, 2.05) is 41.8 Å². The van der Waals surface area contributed by atoms with Gasteiger partial charge in [-0.2, -0.15) is 0 Å². The fraction of sp³-hybridized carbons (Fsp3) is 0.400. The zero-order chi connectivity index (χ0) is 21.3. The van der Waals surface area contributed by atoms with Crippen LogP contribution < -0.4 is 4.72 Å². The minimum atomic E-state index is -1.52. The van der Waals surface area contributed by atoms with Crippen molar-refractivity contribution in [3.63, 3.8) is 0 Å². The van der Waals surface area contributed by atoms with Crippen molar-refractivity contribution in [3.8, 4) is 11.4 Å². The Kier molecular flexibility index (Phi) is 5.86. The van der Waals surface area contributed by atoms with Gasteiger partial charge in [0.25, 0.3) is 0 Å². The third-order valence-electron chi connectivity index (χ3n) is 5.31. The number of nitrogens with zero attached hydrogens (tertiary/aromatic N) is 5. The molecule has 0 aliphatic heterocycles. The second-order valence-corrected chi connectivity index (χ2v) is 9.54. The van der Waals surface area contributed by atoms with Gasteiger partial charge in [0.1, 0.15) is 17.1 Å². The quantitative estimate of drug-likeness (QED) is 0.566. The molecule has 0 saturated heterocycles. The first kappa shape index (κ1) is 20.9. The molecule has 1 aromatic carbocycles. The summed E-state index contributed by atoms with van der Waals surface area (Å²) in [6.07, 6.45) is 4.45. The lowest BCUT2D eigenvalue weighted by Gasteiger charge is -2.22. The third kappa shape index (κ3) is 4.10. The molecule has 1 fully saturated rings. The fourth-order valence-electron chi connectivity index (χ4n) is 3.31. The maximum atomic E-state index is 13.2. The number of rotatable bonds is 8. The Morgan fingerprint density at radius 2 is 1.87 bits per heavy atom. The van der Waals surface area contributed by atoms with Crippen molar-refractivity contribution < 1.29 is 8.95 Å². The van der Waals surface area contributed by atoms with E-state index in [0.717, 1.165) is 24.2 Å². The van der Waals surface area contributed by atoms with Crippen LogP contribution in [-0.4, -0.2) is 41.3 Å². The van der Waals surface area contributed by atoms with Crippen molar-refractivity contribution in [2.24, 2.45) is 0 Å². The van der Waals surface area contributed by atoms with E-state index in [1.165, 1.54) is 19.5 Å². The van der Waals surface area contributed by atoms with Gasteiger partial charge in [0.15, 0.2) is 11.6 Å². The molecule has 0 amide bonds. The maximum Gasteiger partial charge on any atom is 0.237 e. The summed E-state index contributed by atoms with van der Waals surface area (Å²) in [4.78, 5) is 8.41. The van der Waals surface area contributed by atoms with Gasteiger partial charge >= 0.3 is 0 Å². The van der Waals surface area contributed by atoms with Crippen LogP contribution in [-0.2, 0) is 21.3 Å². The monoisotopic (exact) mass is 446 g/mol. The van der Waals surface area contributed by atoms with Gasteiger partial charge in [-0.15, -0.1) is 10.2 Å². The summed E-state index contributed by atoms with van der Waals surface area (Å²) < 4.78 is 23.8. The molecule has 2 aromatic heterocycles. The molecule has 3 atom stereocenters. The lowest BCUT2D eigenvalue weighted by Crippen LogP contribution is -2.29. The van der Waals surface area contributed by atoms with E-state index in [0.29, 0.717) is 16.8 Å². The standard InChI is InChI=1S/C20H23ClN6O2S/c1-13(16(29-3)17-22-11-15(21)12-23-17)30(28)26-19-25-24-18(14-7-5-4-6-8-14)27(19)20(2)9-10-20/h4-8,11-13,16H,9-10H2,1-3H3,(H,25,26)/t13-,16?,30?/m0/s1. The van der Waals surface area contributed by atoms with Crippen molar-refractivity contribution >= 4 is 28.5 Å². The molecule has 1 N–H and O–H groups in total. The molecule has 1 saturated carbocycles. The van der Waals surface area contributed by atoms with Crippen molar-refractivity contribution in [3.05, 3.63) is 53.6 Å². The van der Waals surface area contributed by atoms with Gasteiger partial charge < -0.3 is 4.74 Å². The number of nitrogens with one attached hydrogen (secondary N) is 1. The molecule has 1 aliphatic carbocycles. The third-order valence-corrected chi connectivity index (χ3v) is 6.81. The first-order valence-corrected chi connectivity index (χ1v) is 11.2. The van der Waals surface area contributed by atoms with E-state index in [4.69, 9.17) is 16.3 Å². The molecular weight excluding hydrogens is 424 g/mol. The average molecular weight is 447 g/mol. The van der Waals surface area contributed by atoms with Gasteiger partial charge in [-0.05, 0) is 26.7 Å². The van der Waals surface area contributed by atoms with Gasteiger partial charge in [0.05, 0.1) is 10.3 Å². The predicted molar refractivity (Wildman–Crippen MR) is 116 cm³/mol.